The number of ether oxygens (including phenoxy) is 2. The number of carbonyl (C=O) groups is 1. The Labute approximate surface area is 248 Å². The molecule has 2 aliphatic rings. The molecule has 3 heterocycles. The number of nitrogens with zero attached hydrogens (tertiary/aromatic N) is 2. The van der Waals surface area contributed by atoms with Gasteiger partial charge in [0.2, 0.25) is 5.91 Å². The molecule has 5 atom stereocenters. The number of hydrogen-bond donors (Lipinski definition) is 2. The minimum Gasteiger partial charge on any atom is -0.491 e. The Morgan fingerprint density at radius 3 is 2.55 bits per heavy atom. The fourth-order valence-corrected chi connectivity index (χ4v) is 9.55. The quantitative estimate of drug-likeness (QED) is 0.364. The highest BCUT2D eigenvalue weighted by Gasteiger charge is 2.50. The van der Waals surface area contributed by atoms with E-state index in [4.69, 9.17) is 9.47 Å². The van der Waals surface area contributed by atoms with Crippen LogP contribution in [-0.4, -0.2) is 65.6 Å². The second-order valence-electron chi connectivity index (χ2n) is 12.2. The highest BCUT2D eigenvalue weighted by molar-refractivity contribution is 6.71. The van der Waals surface area contributed by atoms with Crippen molar-refractivity contribution in [2.45, 2.75) is 76.0 Å². The first kappa shape index (κ1) is 30.2. The van der Waals surface area contributed by atoms with E-state index in [0.29, 0.717) is 13.0 Å². The fraction of sp³-hybridized carbons (Fsp3) is 0.455. The summed E-state index contributed by atoms with van der Waals surface area (Å²) < 4.78 is 13.4. The second-order valence-corrected chi connectivity index (χ2v) is 16.2. The van der Waals surface area contributed by atoms with E-state index < -0.39 is 8.32 Å². The molecular formula is C33H42N2O6Si. The predicted octanol–water partition coefficient (Wildman–Crippen LogP) is 4.09. The number of pyridine rings is 1. The molecule has 0 bridgehead atoms. The normalized spacial score (nSPS) is 24.0. The SMILES string of the molecule is COc1cccn(-c2cccc(CC[C@@H]3O[C@H](CC(=O)N4Cc5ccccc5C[C@H]4CO)[C@@H]([Si](C)(C)O)[C@@H]3C)c2)c1=O. The first-order chi connectivity index (χ1) is 20.1. The molecule has 1 saturated heterocycles. The number of aryl methyl sites for hydroxylation is 1. The Morgan fingerprint density at radius 2 is 1.83 bits per heavy atom. The molecule has 0 spiro atoms. The molecular weight excluding hydrogens is 548 g/mol. The van der Waals surface area contributed by atoms with Crippen molar-refractivity contribution in [2.24, 2.45) is 5.92 Å². The largest absolute Gasteiger partial charge is 0.491 e. The van der Waals surface area contributed by atoms with Gasteiger partial charge in [0.1, 0.15) is 0 Å². The van der Waals surface area contributed by atoms with Crippen LogP contribution in [-0.2, 0) is 28.9 Å². The number of hydrogen-bond acceptors (Lipinski definition) is 6. The van der Waals surface area contributed by atoms with Crippen molar-refractivity contribution in [1.82, 2.24) is 9.47 Å². The van der Waals surface area contributed by atoms with Crippen molar-refractivity contribution in [1.29, 1.82) is 0 Å². The first-order valence-electron chi connectivity index (χ1n) is 14.8. The van der Waals surface area contributed by atoms with Gasteiger partial charge < -0.3 is 24.3 Å². The van der Waals surface area contributed by atoms with E-state index in [9.17, 15) is 19.5 Å². The highest BCUT2D eigenvalue weighted by atomic mass is 28.4. The van der Waals surface area contributed by atoms with Gasteiger partial charge in [0.25, 0.3) is 5.56 Å². The van der Waals surface area contributed by atoms with Crippen molar-refractivity contribution in [3.63, 3.8) is 0 Å². The van der Waals surface area contributed by atoms with Crippen LogP contribution in [0, 0.1) is 5.92 Å². The molecule has 224 valence electrons. The summed E-state index contributed by atoms with van der Waals surface area (Å²) in [5.74, 6) is 0.341. The highest BCUT2D eigenvalue weighted by Crippen LogP contribution is 2.46. The molecule has 3 aromatic rings. The molecule has 1 fully saturated rings. The van der Waals surface area contributed by atoms with Gasteiger partial charge in [0, 0.05) is 24.0 Å². The molecule has 2 aliphatic heterocycles. The summed E-state index contributed by atoms with van der Waals surface area (Å²) in [6, 6.07) is 19.1. The first-order valence-corrected chi connectivity index (χ1v) is 17.8. The van der Waals surface area contributed by atoms with Crippen LogP contribution in [0.4, 0.5) is 0 Å². The monoisotopic (exact) mass is 590 g/mol. The van der Waals surface area contributed by atoms with Gasteiger partial charge in [0.05, 0.1) is 38.4 Å². The molecule has 2 N–H and O–H groups in total. The summed E-state index contributed by atoms with van der Waals surface area (Å²) >= 11 is 0. The Bertz CT molecular complexity index is 1470. The number of fused-ring (bicyclic) bond motifs is 1. The van der Waals surface area contributed by atoms with Gasteiger partial charge in [0.15, 0.2) is 14.1 Å². The number of methoxy groups -OCH3 is 1. The predicted molar refractivity (Wildman–Crippen MR) is 164 cm³/mol. The lowest BCUT2D eigenvalue weighted by Gasteiger charge is -2.37. The number of amides is 1. The molecule has 8 nitrogen and oxygen atoms in total. The third-order valence-corrected chi connectivity index (χ3v) is 11.5. The number of aliphatic hydroxyl groups excluding tert-OH is 1. The standard InChI is InChI=1S/C33H42N2O6Si/c1-22-28(15-14-23-9-7-12-26(17-23)34-16-8-13-29(40-2)33(34)38)41-30(32(22)42(3,4)39)19-31(37)35-20-25-11-6-5-10-24(25)18-27(35)21-36/h5-13,16-17,22,27-28,30,32,36,39H,14-15,18-21H2,1-4H3/t22-,27+,28+,30-,32+/m1/s1. The summed E-state index contributed by atoms with van der Waals surface area (Å²) in [5.41, 5.74) is 3.83. The second kappa shape index (κ2) is 12.5. The molecule has 0 radical (unpaired) electrons. The van der Waals surface area contributed by atoms with E-state index in [0.717, 1.165) is 29.7 Å². The Balaban J connectivity index is 1.29. The van der Waals surface area contributed by atoms with Gasteiger partial charge in [-0.2, -0.15) is 0 Å². The van der Waals surface area contributed by atoms with Crippen LogP contribution in [0.25, 0.3) is 5.69 Å². The van der Waals surface area contributed by atoms with E-state index >= 15 is 0 Å². The maximum absolute atomic E-state index is 13.7. The average Bonchev–Trinajstić information content (AvgIpc) is 3.30. The minimum absolute atomic E-state index is 0.0407. The fourth-order valence-electron chi connectivity index (χ4n) is 6.94. The van der Waals surface area contributed by atoms with Gasteiger partial charge in [-0.25, -0.2) is 0 Å². The van der Waals surface area contributed by atoms with Crippen molar-refractivity contribution in [3.05, 3.63) is 93.9 Å². The summed E-state index contributed by atoms with van der Waals surface area (Å²) in [6.45, 7) is 6.38. The zero-order valence-corrected chi connectivity index (χ0v) is 25.9. The maximum Gasteiger partial charge on any atom is 0.297 e. The molecule has 1 aromatic heterocycles. The van der Waals surface area contributed by atoms with Crippen LogP contribution < -0.4 is 10.3 Å². The smallest absolute Gasteiger partial charge is 0.297 e. The number of carbonyl (C=O) groups excluding carboxylic acids is 1. The molecule has 5 rings (SSSR count). The number of aliphatic hydroxyl groups is 1. The summed E-state index contributed by atoms with van der Waals surface area (Å²) in [6.07, 6.45) is 3.54. The summed E-state index contributed by atoms with van der Waals surface area (Å²) in [7, 11) is -1.18. The van der Waals surface area contributed by atoms with Gasteiger partial charge in [-0.3, -0.25) is 14.2 Å². The Hall–Kier alpha value is -3.24. The van der Waals surface area contributed by atoms with E-state index in [1.807, 2.05) is 55.6 Å². The lowest BCUT2D eigenvalue weighted by Crippen LogP contribution is -2.48. The van der Waals surface area contributed by atoms with Crippen LogP contribution in [0.15, 0.2) is 71.7 Å². The van der Waals surface area contributed by atoms with E-state index in [1.165, 1.54) is 12.7 Å². The molecule has 1 amide bonds. The van der Waals surface area contributed by atoms with Gasteiger partial charge >= 0.3 is 0 Å². The van der Waals surface area contributed by atoms with Crippen LogP contribution >= 0.6 is 0 Å². The third-order valence-electron chi connectivity index (χ3n) is 9.02. The third kappa shape index (κ3) is 6.24. The van der Waals surface area contributed by atoms with Crippen molar-refractivity contribution in [3.8, 4) is 11.4 Å². The van der Waals surface area contributed by atoms with E-state index in [1.54, 1.807) is 27.8 Å². The van der Waals surface area contributed by atoms with E-state index in [-0.39, 0.29) is 60.0 Å². The Kier molecular flexibility index (Phi) is 9.03. The van der Waals surface area contributed by atoms with Gasteiger partial charge in [-0.1, -0.05) is 43.3 Å². The lowest BCUT2D eigenvalue weighted by molar-refractivity contribution is -0.138. The zero-order chi connectivity index (χ0) is 30.0. The lowest BCUT2D eigenvalue weighted by atomic mass is 9.93. The van der Waals surface area contributed by atoms with Crippen molar-refractivity contribution in [2.75, 3.05) is 13.7 Å². The number of rotatable bonds is 9. The summed E-state index contributed by atoms with van der Waals surface area (Å²) in [5, 5.41) is 10.1. The minimum atomic E-state index is -2.66. The molecule has 0 saturated carbocycles. The van der Waals surface area contributed by atoms with Gasteiger partial charge in [-0.05, 0) is 79.2 Å². The topological polar surface area (TPSA) is 101 Å². The van der Waals surface area contributed by atoms with Crippen LogP contribution in [0.2, 0.25) is 18.6 Å². The van der Waals surface area contributed by atoms with E-state index in [2.05, 4.69) is 13.0 Å². The molecule has 0 aliphatic carbocycles. The van der Waals surface area contributed by atoms with Crippen LogP contribution in [0.1, 0.15) is 36.5 Å². The zero-order valence-electron chi connectivity index (χ0n) is 24.9. The molecule has 2 aromatic carbocycles. The van der Waals surface area contributed by atoms with Crippen molar-refractivity contribution < 1.29 is 24.2 Å². The molecule has 42 heavy (non-hydrogen) atoms. The number of benzene rings is 2. The molecule has 0 unspecified atom stereocenters. The van der Waals surface area contributed by atoms with Crippen LogP contribution in [0.3, 0.4) is 0 Å². The number of aromatic nitrogens is 1. The average molecular weight is 591 g/mol. The van der Waals surface area contributed by atoms with Crippen molar-refractivity contribution >= 4 is 14.2 Å². The Morgan fingerprint density at radius 1 is 1.07 bits per heavy atom. The van der Waals surface area contributed by atoms with Crippen LogP contribution in [0.5, 0.6) is 5.75 Å². The molecule has 9 heteroatoms. The maximum atomic E-state index is 13.7. The summed E-state index contributed by atoms with van der Waals surface area (Å²) in [4.78, 5) is 39.5. The van der Waals surface area contributed by atoms with Gasteiger partial charge in [-0.15, -0.1) is 0 Å².